The molecule has 128 valence electrons. The number of carbonyl (C=O) groups is 1. The lowest BCUT2D eigenvalue weighted by Crippen LogP contribution is -2.14. The van der Waals surface area contributed by atoms with Gasteiger partial charge in [0, 0.05) is 16.4 Å². The summed E-state index contributed by atoms with van der Waals surface area (Å²) in [4.78, 5) is 16.5. The second-order valence-electron chi connectivity index (χ2n) is 5.66. The van der Waals surface area contributed by atoms with Gasteiger partial charge in [-0.25, -0.2) is 4.98 Å². The van der Waals surface area contributed by atoms with E-state index in [-0.39, 0.29) is 5.91 Å². The Labute approximate surface area is 156 Å². The summed E-state index contributed by atoms with van der Waals surface area (Å²) >= 11 is 5.92. The standard InChI is InChI=1S/C20H15ClN4O/c1-13-10-15(21)4-8-18(13)25-20(26)19-9-7-17(12-23-19)24-16-5-2-14(11-22)3-6-16/h2-10,12,24H,1H3,(H,25,26). The van der Waals surface area contributed by atoms with Gasteiger partial charge in [0.25, 0.3) is 5.91 Å². The summed E-state index contributed by atoms with van der Waals surface area (Å²) < 4.78 is 0. The third-order valence-electron chi connectivity index (χ3n) is 3.74. The maximum Gasteiger partial charge on any atom is 0.274 e. The highest BCUT2D eigenvalue weighted by Crippen LogP contribution is 2.21. The van der Waals surface area contributed by atoms with Crippen LogP contribution in [-0.4, -0.2) is 10.9 Å². The maximum absolute atomic E-state index is 12.3. The van der Waals surface area contributed by atoms with E-state index in [0.29, 0.717) is 22.0 Å². The topological polar surface area (TPSA) is 77.8 Å². The monoisotopic (exact) mass is 362 g/mol. The molecule has 0 fully saturated rings. The molecule has 0 unspecified atom stereocenters. The number of anilines is 3. The van der Waals surface area contributed by atoms with Crippen LogP contribution in [0.5, 0.6) is 0 Å². The lowest BCUT2D eigenvalue weighted by molar-refractivity contribution is 0.102. The van der Waals surface area contributed by atoms with E-state index < -0.39 is 0 Å². The van der Waals surface area contributed by atoms with E-state index in [1.807, 2.05) is 19.1 Å². The molecular weight excluding hydrogens is 348 g/mol. The molecule has 0 aliphatic heterocycles. The van der Waals surface area contributed by atoms with E-state index in [2.05, 4.69) is 21.7 Å². The predicted octanol–water partition coefficient (Wildman–Crippen LogP) is 4.91. The molecule has 0 spiro atoms. The smallest absolute Gasteiger partial charge is 0.274 e. The number of nitrogens with one attached hydrogen (secondary N) is 2. The highest BCUT2D eigenvalue weighted by atomic mass is 35.5. The Morgan fingerprint density at radius 2 is 1.81 bits per heavy atom. The number of halogens is 1. The molecule has 26 heavy (non-hydrogen) atoms. The Balaban J connectivity index is 1.68. The normalized spacial score (nSPS) is 10.0. The van der Waals surface area contributed by atoms with Crippen molar-refractivity contribution < 1.29 is 4.79 Å². The van der Waals surface area contributed by atoms with Crippen LogP contribution in [0.15, 0.2) is 60.8 Å². The molecule has 0 bridgehead atoms. The Bertz CT molecular complexity index is 976. The minimum Gasteiger partial charge on any atom is -0.354 e. The first-order chi connectivity index (χ1) is 12.5. The van der Waals surface area contributed by atoms with Crippen molar-refractivity contribution in [1.82, 2.24) is 4.98 Å². The number of nitriles is 1. The van der Waals surface area contributed by atoms with Crippen LogP contribution in [0.25, 0.3) is 0 Å². The van der Waals surface area contributed by atoms with Crippen molar-refractivity contribution in [2.75, 3.05) is 10.6 Å². The number of nitrogens with zero attached hydrogens (tertiary/aromatic N) is 2. The van der Waals surface area contributed by atoms with Gasteiger partial charge >= 0.3 is 0 Å². The quantitative estimate of drug-likeness (QED) is 0.691. The zero-order chi connectivity index (χ0) is 18.5. The van der Waals surface area contributed by atoms with Gasteiger partial charge in [-0.2, -0.15) is 5.26 Å². The number of rotatable bonds is 4. The molecule has 0 aliphatic rings. The van der Waals surface area contributed by atoms with Crippen molar-refractivity contribution in [3.8, 4) is 6.07 Å². The number of carbonyl (C=O) groups excluding carboxylic acids is 1. The summed E-state index contributed by atoms with van der Waals surface area (Å²) in [6, 6.07) is 17.8. The first-order valence-corrected chi connectivity index (χ1v) is 8.24. The molecular formula is C20H15ClN4O. The number of amides is 1. The lowest BCUT2D eigenvalue weighted by Gasteiger charge is -2.09. The van der Waals surface area contributed by atoms with Crippen LogP contribution in [0.4, 0.5) is 17.1 Å². The van der Waals surface area contributed by atoms with Crippen molar-refractivity contribution in [2.45, 2.75) is 6.92 Å². The van der Waals surface area contributed by atoms with Crippen molar-refractivity contribution in [2.24, 2.45) is 0 Å². The Morgan fingerprint density at radius 1 is 1.08 bits per heavy atom. The second kappa shape index (κ2) is 7.68. The number of pyridine rings is 1. The summed E-state index contributed by atoms with van der Waals surface area (Å²) in [5.41, 5.74) is 4.06. The first-order valence-electron chi connectivity index (χ1n) is 7.86. The molecule has 0 saturated heterocycles. The Kier molecular flexibility index (Phi) is 5.16. The van der Waals surface area contributed by atoms with E-state index in [9.17, 15) is 4.79 Å². The van der Waals surface area contributed by atoms with E-state index >= 15 is 0 Å². The molecule has 1 aromatic heterocycles. The third kappa shape index (κ3) is 4.18. The molecule has 3 rings (SSSR count). The van der Waals surface area contributed by atoms with E-state index in [4.69, 9.17) is 16.9 Å². The molecule has 6 heteroatoms. The Morgan fingerprint density at radius 3 is 2.42 bits per heavy atom. The number of benzene rings is 2. The van der Waals surface area contributed by atoms with E-state index in [0.717, 1.165) is 16.9 Å². The molecule has 0 radical (unpaired) electrons. The van der Waals surface area contributed by atoms with E-state index in [1.54, 1.807) is 48.7 Å². The van der Waals surface area contributed by atoms with Gasteiger partial charge in [0.2, 0.25) is 0 Å². The van der Waals surface area contributed by atoms with Gasteiger partial charge in [-0.05, 0) is 67.1 Å². The highest BCUT2D eigenvalue weighted by Gasteiger charge is 2.09. The van der Waals surface area contributed by atoms with Gasteiger partial charge in [-0.1, -0.05) is 11.6 Å². The number of aromatic nitrogens is 1. The fraction of sp³-hybridized carbons (Fsp3) is 0.0500. The SMILES string of the molecule is Cc1cc(Cl)ccc1NC(=O)c1ccc(Nc2ccc(C#N)cc2)cn1. The van der Waals surface area contributed by atoms with Gasteiger partial charge in [-0.15, -0.1) is 0 Å². The molecule has 0 saturated carbocycles. The zero-order valence-electron chi connectivity index (χ0n) is 14.0. The summed E-state index contributed by atoms with van der Waals surface area (Å²) in [5.74, 6) is -0.291. The van der Waals surface area contributed by atoms with Crippen molar-refractivity contribution >= 4 is 34.6 Å². The Hall–Kier alpha value is -3.36. The van der Waals surface area contributed by atoms with Crippen molar-refractivity contribution in [3.63, 3.8) is 0 Å². The molecule has 1 amide bonds. The van der Waals surface area contributed by atoms with Gasteiger partial charge < -0.3 is 10.6 Å². The van der Waals surface area contributed by atoms with Crippen LogP contribution in [0, 0.1) is 18.3 Å². The molecule has 0 atom stereocenters. The van der Waals surface area contributed by atoms with Gasteiger partial charge in [0.15, 0.2) is 0 Å². The minimum atomic E-state index is -0.291. The predicted molar refractivity (Wildman–Crippen MR) is 103 cm³/mol. The molecule has 5 nitrogen and oxygen atoms in total. The molecule has 1 heterocycles. The minimum absolute atomic E-state index is 0.291. The summed E-state index contributed by atoms with van der Waals surface area (Å²) in [7, 11) is 0. The fourth-order valence-corrected chi connectivity index (χ4v) is 2.58. The van der Waals surface area contributed by atoms with Crippen LogP contribution in [0.1, 0.15) is 21.6 Å². The van der Waals surface area contributed by atoms with Crippen LogP contribution in [-0.2, 0) is 0 Å². The van der Waals surface area contributed by atoms with E-state index in [1.165, 1.54) is 0 Å². The third-order valence-corrected chi connectivity index (χ3v) is 3.97. The highest BCUT2D eigenvalue weighted by molar-refractivity contribution is 6.30. The summed E-state index contributed by atoms with van der Waals surface area (Å²) in [5, 5.41) is 15.4. The summed E-state index contributed by atoms with van der Waals surface area (Å²) in [6.07, 6.45) is 1.59. The number of hydrogen-bond donors (Lipinski definition) is 2. The molecule has 0 aliphatic carbocycles. The molecule has 2 aromatic carbocycles. The van der Waals surface area contributed by atoms with Crippen LogP contribution >= 0.6 is 11.6 Å². The first kappa shape index (κ1) is 17.5. The average molecular weight is 363 g/mol. The fourth-order valence-electron chi connectivity index (χ4n) is 2.35. The van der Waals surface area contributed by atoms with Crippen molar-refractivity contribution in [1.29, 1.82) is 5.26 Å². The van der Waals surface area contributed by atoms with Gasteiger partial charge in [0.05, 0.1) is 23.5 Å². The van der Waals surface area contributed by atoms with Crippen molar-refractivity contribution in [3.05, 3.63) is 82.6 Å². The number of aryl methyl sites for hydroxylation is 1. The average Bonchev–Trinajstić information content (AvgIpc) is 2.65. The number of hydrogen-bond acceptors (Lipinski definition) is 4. The maximum atomic E-state index is 12.3. The summed E-state index contributed by atoms with van der Waals surface area (Å²) in [6.45, 7) is 1.87. The molecule has 3 aromatic rings. The second-order valence-corrected chi connectivity index (χ2v) is 6.10. The van der Waals surface area contributed by atoms with Crippen LogP contribution in [0.3, 0.4) is 0 Å². The van der Waals surface area contributed by atoms with Gasteiger partial charge in [-0.3, -0.25) is 4.79 Å². The van der Waals surface area contributed by atoms with Crippen LogP contribution in [0.2, 0.25) is 5.02 Å². The molecule has 2 N–H and O–H groups in total. The van der Waals surface area contributed by atoms with Crippen LogP contribution < -0.4 is 10.6 Å². The van der Waals surface area contributed by atoms with Gasteiger partial charge in [0.1, 0.15) is 5.69 Å². The largest absolute Gasteiger partial charge is 0.354 e. The zero-order valence-corrected chi connectivity index (χ0v) is 14.7. The lowest BCUT2D eigenvalue weighted by atomic mass is 10.2.